The van der Waals surface area contributed by atoms with Crippen LogP contribution < -0.4 is 5.56 Å². The molecule has 0 aliphatic carbocycles. The summed E-state index contributed by atoms with van der Waals surface area (Å²) in [5.74, 6) is 0.845. The molecule has 0 spiro atoms. The number of aromatic nitrogens is 2. The highest BCUT2D eigenvalue weighted by atomic mass is 79.9. The molecule has 1 aromatic carbocycles. The number of hydrogen-bond donors (Lipinski definition) is 0. The highest BCUT2D eigenvalue weighted by molar-refractivity contribution is 9.11. The van der Waals surface area contributed by atoms with Crippen molar-refractivity contribution in [2.45, 2.75) is 30.6 Å². The molecule has 19 heavy (non-hydrogen) atoms. The van der Waals surface area contributed by atoms with Gasteiger partial charge in [0.25, 0.3) is 5.56 Å². The fourth-order valence-electron chi connectivity index (χ4n) is 2.44. The van der Waals surface area contributed by atoms with Gasteiger partial charge in [-0.3, -0.25) is 9.36 Å². The van der Waals surface area contributed by atoms with Gasteiger partial charge in [0.15, 0.2) is 0 Å². The van der Waals surface area contributed by atoms with E-state index in [0.29, 0.717) is 5.39 Å². The Morgan fingerprint density at radius 2 is 2.05 bits per heavy atom. The average Bonchev–Trinajstić information content (AvgIpc) is 2.54. The molecule has 1 aliphatic rings. The zero-order valence-corrected chi connectivity index (χ0v) is 14.8. The molecule has 3 nitrogen and oxygen atoms in total. The molecule has 0 amide bonds. The number of rotatable bonds is 0. The van der Waals surface area contributed by atoms with Crippen LogP contribution in [-0.2, 0) is 6.54 Å². The molecule has 1 unspecified atom stereocenters. The summed E-state index contributed by atoms with van der Waals surface area (Å²) in [6.45, 7) is 0.753. The monoisotopic (exact) mass is 448 g/mol. The fraction of sp³-hybridized carbons (Fsp3) is 0.385. The van der Waals surface area contributed by atoms with Gasteiger partial charge in [0, 0.05) is 15.5 Å². The third-order valence-corrected chi connectivity index (χ3v) is 5.31. The Kier molecular flexibility index (Phi) is 3.84. The average molecular weight is 451 g/mol. The van der Waals surface area contributed by atoms with Gasteiger partial charge in [0.2, 0.25) is 0 Å². The van der Waals surface area contributed by atoms with Crippen LogP contribution in [0.15, 0.2) is 25.9 Å². The molecule has 0 saturated heterocycles. The largest absolute Gasteiger partial charge is 0.295 e. The molecule has 0 radical (unpaired) electrons. The van der Waals surface area contributed by atoms with Crippen molar-refractivity contribution in [3.63, 3.8) is 0 Å². The van der Waals surface area contributed by atoms with Gasteiger partial charge in [-0.2, -0.15) is 0 Å². The van der Waals surface area contributed by atoms with E-state index in [-0.39, 0.29) is 10.4 Å². The zero-order valence-electron chi connectivity index (χ0n) is 10.00. The van der Waals surface area contributed by atoms with Gasteiger partial charge in [-0.1, -0.05) is 38.3 Å². The van der Waals surface area contributed by atoms with Crippen LogP contribution in [0.1, 0.15) is 29.9 Å². The molecular formula is C13H11Br3N2O. The molecule has 0 bridgehead atoms. The van der Waals surface area contributed by atoms with Crippen LogP contribution in [0.4, 0.5) is 0 Å². The molecule has 100 valence electrons. The van der Waals surface area contributed by atoms with Crippen molar-refractivity contribution in [3.05, 3.63) is 37.3 Å². The van der Waals surface area contributed by atoms with Crippen molar-refractivity contribution < 1.29 is 0 Å². The predicted octanol–water partition coefficient (Wildman–Crippen LogP) is 4.54. The quantitative estimate of drug-likeness (QED) is 0.552. The van der Waals surface area contributed by atoms with Gasteiger partial charge in [-0.25, -0.2) is 4.98 Å². The summed E-state index contributed by atoms with van der Waals surface area (Å²) in [5.41, 5.74) is 0.791. The van der Waals surface area contributed by atoms with Crippen molar-refractivity contribution in [1.82, 2.24) is 9.55 Å². The van der Waals surface area contributed by atoms with Gasteiger partial charge >= 0.3 is 0 Å². The van der Waals surface area contributed by atoms with E-state index >= 15 is 0 Å². The first-order chi connectivity index (χ1) is 9.08. The maximum atomic E-state index is 12.6. The second kappa shape index (κ2) is 5.30. The normalized spacial score (nSPS) is 19.2. The van der Waals surface area contributed by atoms with Gasteiger partial charge in [0.1, 0.15) is 5.82 Å². The summed E-state index contributed by atoms with van der Waals surface area (Å²) in [6, 6.07) is 3.77. The fourth-order valence-corrected chi connectivity index (χ4v) is 4.43. The Morgan fingerprint density at radius 3 is 2.84 bits per heavy atom. The SMILES string of the molecule is O=c1c2cc(Br)cc(Br)c2nc2n1CCCCC2Br. The Bertz CT molecular complexity index is 711. The lowest BCUT2D eigenvalue weighted by molar-refractivity contribution is 0.614. The minimum Gasteiger partial charge on any atom is -0.295 e. The summed E-state index contributed by atoms with van der Waals surface area (Å²) in [6.07, 6.45) is 3.16. The molecule has 0 N–H and O–H groups in total. The van der Waals surface area contributed by atoms with E-state index in [4.69, 9.17) is 4.98 Å². The highest BCUT2D eigenvalue weighted by Gasteiger charge is 2.21. The van der Waals surface area contributed by atoms with Crippen LogP contribution in [0.2, 0.25) is 0 Å². The molecule has 2 aromatic rings. The summed E-state index contributed by atoms with van der Waals surface area (Å²) < 4.78 is 3.55. The second-order valence-corrected chi connectivity index (χ2v) is 7.55. The number of nitrogens with zero attached hydrogens (tertiary/aromatic N) is 2. The summed E-state index contributed by atoms with van der Waals surface area (Å²) in [5, 5.41) is 0.659. The molecule has 2 heterocycles. The van der Waals surface area contributed by atoms with Crippen LogP contribution in [0.5, 0.6) is 0 Å². The Balaban J connectivity index is 2.40. The van der Waals surface area contributed by atoms with Gasteiger partial charge in [-0.05, 0) is 40.9 Å². The number of alkyl halides is 1. The lowest BCUT2D eigenvalue weighted by atomic mass is 10.2. The third kappa shape index (κ3) is 2.43. The van der Waals surface area contributed by atoms with E-state index in [0.717, 1.165) is 46.1 Å². The Hall–Kier alpha value is -0.200. The van der Waals surface area contributed by atoms with Crippen LogP contribution in [0, 0.1) is 0 Å². The lowest BCUT2D eigenvalue weighted by Crippen LogP contribution is -2.25. The van der Waals surface area contributed by atoms with Crippen molar-refractivity contribution in [2.24, 2.45) is 0 Å². The summed E-state index contributed by atoms with van der Waals surface area (Å²) in [7, 11) is 0. The van der Waals surface area contributed by atoms with Crippen molar-refractivity contribution in [1.29, 1.82) is 0 Å². The van der Waals surface area contributed by atoms with Crippen molar-refractivity contribution in [2.75, 3.05) is 0 Å². The first kappa shape index (κ1) is 13.8. The van der Waals surface area contributed by atoms with E-state index in [2.05, 4.69) is 47.8 Å². The van der Waals surface area contributed by atoms with Crippen LogP contribution in [0.25, 0.3) is 10.9 Å². The number of halogens is 3. The van der Waals surface area contributed by atoms with E-state index in [9.17, 15) is 4.79 Å². The number of hydrogen-bond acceptors (Lipinski definition) is 2. The molecule has 3 rings (SSSR count). The topological polar surface area (TPSA) is 34.9 Å². The standard InChI is InChI=1S/C13H11Br3N2O/c14-7-5-8-11(10(16)6-7)17-12-9(15)3-1-2-4-18(12)13(8)19/h5-6,9H,1-4H2. The minimum atomic E-state index is 0.0494. The van der Waals surface area contributed by atoms with E-state index in [1.165, 1.54) is 0 Å². The highest BCUT2D eigenvalue weighted by Crippen LogP contribution is 2.32. The third-order valence-electron chi connectivity index (χ3n) is 3.38. The van der Waals surface area contributed by atoms with Crippen molar-refractivity contribution >= 4 is 58.7 Å². The van der Waals surface area contributed by atoms with Crippen LogP contribution in [-0.4, -0.2) is 9.55 Å². The second-order valence-electron chi connectivity index (χ2n) is 4.67. The number of fused-ring (bicyclic) bond motifs is 2. The lowest BCUT2D eigenvalue weighted by Gasteiger charge is -2.14. The minimum absolute atomic E-state index is 0.0494. The Morgan fingerprint density at radius 1 is 1.26 bits per heavy atom. The molecule has 0 saturated carbocycles. The van der Waals surface area contributed by atoms with Gasteiger partial charge in [0.05, 0.1) is 15.7 Å². The summed E-state index contributed by atoms with van der Waals surface area (Å²) >= 11 is 10.6. The number of benzene rings is 1. The van der Waals surface area contributed by atoms with Crippen LogP contribution >= 0.6 is 47.8 Å². The van der Waals surface area contributed by atoms with Crippen LogP contribution in [0.3, 0.4) is 0 Å². The van der Waals surface area contributed by atoms with E-state index in [1.807, 2.05) is 16.7 Å². The Labute approximate surface area is 135 Å². The molecule has 1 aromatic heterocycles. The first-order valence-corrected chi connectivity index (χ1v) is 8.61. The molecular weight excluding hydrogens is 440 g/mol. The zero-order chi connectivity index (χ0) is 13.6. The maximum Gasteiger partial charge on any atom is 0.261 e. The predicted molar refractivity (Wildman–Crippen MR) is 86.9 cm³/mol. The van der Waals surface area contributed by atoms with E-state index < -0.39 is 0 Å². The molecule has 6 heteroatoms. The van der Waals surface area contributed by atoms with Crippen molar-refractivity contribution in [3.8, 4) is 0 Å². The molecule has 0 fully saturated rings. The maximum absolute atomic E-state index is 12.6. The molecule has 1 atom stereocenters. The molecule has 1 aliphatic heterocycles. The van der Waals surface area contributed by atoms with Gasteiger partial charge in [-0.15, -0.1) is 0 Å². The van der Waals surface area contributed by atoms with Gasteiger partial charge < -0.3 is 0 Å². The van der Waals surface area contributed by atoms with E-state index in [1.54, 1.807) is 0 Å². The summed E-state index contributed by atoms with van der Waals surface area (Å²) in [4.78, 5) is 17.5. The smallest absolute Gasteiger partial charge is 0.261 e. The first-order valence-electron chi connectivity index (χ1n) is 6.11.